The van der Waals surface area contributed by atoms with Crippen molar-refractivity contribution in [2.24, 2.45) is 5.73 Å². The van der Waals surface area contributed by atoms with E-state index in [0.29, 0.717) is 0 Å². The molecule has 0 bridgehead atoms. The van der Waals surface area contributed by atoms with Crippen molar-refractivity contribution in [2.45, 2.75) is 0 Å². The molecule has 0 saturated heterocycles. The van der Waals surface area contributed by atoms with E-state index in [1.807, 2.05) is 0 Å². The van der Waals surface area contributed by atoms with E-state index in [-0.39, 0.29) is 18.8 Å². The quantitative estimate of drug-likeness (QED) is 0.470. The van der Waals surface area contributed by atoms with Gasteiger partial charge in [0.05, 0.1) is 6.54 Å². The van der Waals surface area contributed by atoms with Crippen LogP contribution in [0.4, 0.5) is 0 Å². The predicted molar refractivity (Wildman–Crippen MR) is 63.8 cm³/mol. The van der Waals surface area contributed by atoms with Gasteiger partial charge in [-0.1, -0.05) is 0 Å². The Balaban J connectivity index is -0.0000000651. The molecule has 12 heteroatoms. The Labute approximate surface area is 104 Å². The van der Waals surface area contributed by atoms with Crippen molar-refractivity contribution in [1.82, 2.24) is 12.3 Å². The molecule has 14 heavy (non-hydrogen) atoms. The van der Waals surface area contributed by atoms with Gasteiger partial charge < -0.3 is 23.1 Å². The molecule has 0 fully saturated rings. The number of carboxylic acid groups (broad SMARTS) is 1. The van der Waals surface area contributed by atoms with Crippen LogP contribution in [-0.2, 0) is 11.8 Å². The summed E-state index contributed by atoms with van der Waals surface area (Å²) in [4.78, 5) is 9.24. The Hall–Kier alpha value is 1.75. The second-order valence-electron chi connectivity index (χ2n) is 1.28. The average molecular weight is 430 g/mol. The summed E-state index contributed by atoms with van der Waals surface area (Å²) in [7, 11) is 30.2. The van der Waals surface area contributed by atoms with E-state index >= 15 is 0 Å². The fourth-order valence-electron chi connectivity index (χ4n) is 0. The fourth-order valence-corrected chi connectivity index (χ4v) is 0. The first-order valence-corrected chi connectivity index (χ1v) is 13.9. The number of aliphatic carboxylic acids is 1. The van der Waals surface area contributed by atoms with Crippen LogP contribution in [0.5, 0.6) is 0 Å². The number of nitrogens with two attached hydrogens (primary N) is 1. The first-order valence-electron chi connectivity index (χ1n) is 1.91. The molecular weight excluding hydrogens is 417 g/mol. The van der Waals surface area contributed by atoms with Crippen LogP contribution in [0.3, 0.4) is 0 Å². The van der Waals surface area contributed by atoms with Crippen molar-refractivity contribution < 1.29 is 16.9 Å². The van der Waals surface area contributed by atoms with Gasteiger partial charge in [-0.2, -0.15) is 0 Å². The molecule has 0 heterocycles. The topological polar surface area (TPSA) is 136 Å². The van der Waals surface area contributed by atoms with Gasteiger partial charge in [0, 0.05) is 0 Å². The van der Waals surface area contributed by atoms with E-state index in [0.717, 1.165) is 0 Å². The summed E-state index contributed by atoms with van der Waals surface area (Å²) in [5.74, 6) is -0.968. The summed E-state index contributed by atoms with van der Waals surface area (Å²) in [6.07, 6.45) is 0. The number of hydrogen-bond acceptors (Lipinski definition) is 2. The minimum atomic E-state index is -5.08. The van der Waals surface area contributed by atoms with E-state index in [1.165, 1.54) is 0 Å². The summed E-state index contributed by atoms with van der Waals surface area (Å²) in [5, 5.41) is 7.60. The molecular formula is C2H13Cl6N3O2Pd. The second kappa shape index (κ2) is 6.48. The summed E-state index contributed by atoms with van der Waals surface area (Å²) in [6, 6.07) is 0. The molecule has 0 aliphatic heterocycles. The summed E-state index contributed by atoms with van der Waals surface area (Å²) >= 11 is 0. The van der Waals surface area contributed by atoms with Crippen molar-refractivity contribution in [2.75, 3.05) is 6.54 Å². The Morgan fingerprint density at radius 1 is 1.07 bits per heavy atom. The SMILES string of the molecule is NCC(=O)O.[Cl][Pd-2]([Cl])([Cl])([Cl])([Cl])[Cl].[NH4+].[NH4+]. The molecule has 0 rings (SSSR count). The smallest absolute Gasteiger partial charge is 0.369 e. The number of halogens is 6. The van der Waals surface area contributed by atoms with Crippen molar-refractivity contribution in [3.63, 3.8) is 0 Å². The molecule has 0 amide bonds. The van der Waals surface area contributed by atoms with Gasteiger partial charge in [0.2, 0.25) is 0 Å². The van der Waals surface area contributed by atoms with Crippen LogP contribution in [0.25, 0.3) is 0 Å². The minimum absolute atomic E-state index is 0. The zero-order valence-corrected chi connectivity index (χ0v) is 13.3. The third-order valence-corrected chi connectivity index (χ3v) is 0.175. The fraction of sp³-hybridized carbons (Fsp3) is 0.500. The number of quaternary nitrogens is 2. The first-order chi connectivity index (χ1) is 4.72. The van der Waals surface area contributed by atoms with Gasteiger partial charge in [-0.15, -0.1) is 0 Å². The molecule has 100 valence electrons. The van der Waals surface area contributed by atoms with E-state index in [1.54, 1.807) is 0 Å². The van der Waals surface area contributed by atoms with Crippen molar-refractivity contribution in [3.05, 3.63) is 0 Å². The third kappa shape index (κ3) is 159. The molecule has 0 aromatic heterocycles. The number of carboxylic acids is 1. The molecule has 0 unspecified atom stereocenters. The minimum Gasteiger partial charge on any atom is -0.369 e. The van der Waals surface area contributed by atoms with E-state index in [9.17, 15) is 4.79 Å². The van der Waals surface area contributed by atoms with Gasteiger partial charge in [0.1, 0.15) is 0 Å². The van der Waals surface area contributed by atoms with Crippen LogP contribution >= 0.6 is 57.2 Å². The average Bonchev–Trinajstić information content (AvgIpc) is 1.56. The predicted octanol–water partition coefficient (Wildman–Crippen LogP) is 3.92. The van der Waals surface area contributed by atoms with Gasteiger partial charge in [0.15, 0.2) is 0 Å². The summed E-state index contributed by atoms with van der Waals surface area (Å²) in [5.41, 5.74) is 4.57. The van der Waals surface area contributed by atoms with Gasteiger partial charge in [-0.05, 0) is 0 Å². The standard InChI is InChI=1S/C2H5NO2.6ClH.2H3N.Pd/c3-1-2(4)5;;;;;;;;;/h1,3H2,(H,4,5);6*1H;2*1H3;/q;;;;;;;;;+4/p-4. The van der Waals surface area contributed by atoms with Crippen LogP contribution < -0.4 is 18.0 Å². The van der Waals surface area contributed by atoms with Crippen LogP contribution in [0.1, 0.15) is 0 Å². The van der Waals surface area contributed by atoms with Crippen LogP contribution in [-0.4, -0.2) is 17.6 Å². The van der Waals surface area contributed by atoms with Crippen molar-refractivity contribution >= 4 is 63.1 Å². The maximum atomic E-state index is 9.24. The van der Waals surface area contributed by atoms with Gasteiger partial charge in [-0.3, -0.25) is 4.79 Å². The van der Waals surface area contributed by atoms with Gasteiger partial charge in [0.25, 0.3) is 0 Å². The number of carbonyl (C=O) groups is 1. The molecule has 0 spiro atoms. The molecule has 5 nitrogen and oxygen atoms in total. The normalized spacial score (nSPS) is 14.2. The molecule has 0 aromatic rings. The zero-order valence-electron chi connectivity index (χ0n) is 7.22. The Morgan fingerprint density at radius 3 is 1.14 bits per heavy atom. The number of hydrogen-bond donors (Lipinski definition) is 4. The monoisotopic (exact) mass is 427 g/mol. The van der Waals surface area contributed by atoms with Gasteiger partial charge in [-0.25, -0.2) is 0 Å². The van der Waals surface area contributed by atoms with E-state index < -0.39 is 12.9 Å². The first kappa shape index (κ1) is 24.8. The molecule has 0 aliphatic rings. The largest absolute Gasteiger partial charge is 0.369 e. The van der Waals surface area contributed by atoms with E-state index in [4.69, 9.17) is 62.3 Å². The van der Waals surface area contributed by atoms with Crippen molar-refractivity contribution in [1.29, 1.82) is 0 Å². The Kier molecular flexibility index (Phi) is 11.5. The Morgan fingerprint density at radius 2 is 1.14 bits per heavy atom. The maximum absolute atomic E-state index is 9.24. The summed E-state index contributed by atoms with van der Waals surface area (Å²) < 4.78 is 0. The number of rotatable bonds is 1. The molecule has 0 aliphatic carbocycles. The molecule has 0 saturated carbocycles. The third-order valence-electron chi connectivity index (χ3n) is 0.175. The van der Waals surface area contributed by atoms with Crippen molar-refractivity contribution in [3.8, 4) is 0 Å². The zero-order chi connectivity index (χ0) is 10.7. The van der Waals surface area contributed by atoms with Crippen LogP contribution in [0.15, 0.2) is 0 Å². The molecule has 0 atom stereocenters. The van der Waals surface area contributed by atoms with Gasteiger partial charge >= 0.3 is 70.1 Å². The molecule has 0 aromatic carbocycles. The Bertz CT molecular complexity index is 163. The van der Waals surface area contributed by atoms with E-state index in [2.05, 4.69) is 5.73 Å². The molecule has 11 N–H and O–H groups in total. The summed E-state index contributed by atoms with van der Waals surface area (Å²) in [6.45, 7) is -5.36. The maximum Gasteiger partial charge on any atom is -0.369 e. The molecule has 0 radical (unpaired) electrons. The van der Waals surface area contributed by atoms with Crippen LogP contribution in [0.2, 0.25) is 0 Å². The van der Waals surface area contributed by atoms with Crippen LogP contribution in [0, 0.1) is 0 Å². The second-order valence-corrected chi connectivity index (χ2v) is 36.7.